The third kappa shape index (κ3) is 3.55. The number of benzene rings is 2. The molecule has 0 spiro atoms. The summed E-state index contributed by atoms with van der Waals surface area (Å²) in [5, 5.41) is 3.13. The van der Waals surface area contributed by atoms with Gasteiger partial charge in [-0.15, -0.1) is 0 Å². The number of amides is 1. The number of methoxy groups -OCH3 is 1. The minimum absolute atomic E-state index is 0.157. The van der Waals surface area contributed by atoms with E-state index in [1.807, 2.05) is 0 Å². The zero-order valence-electron chi connectivity index (χ0n) is 13.4. The molecule has 3 aromatic rings. The van der Waals surface area contributed by atoms with E-state index in [1.54, 1.807) is 48.5 Å². The Bertz CT molecular complexity index is 993. The first-order valence-electron chi connectivity index (χ1n) is 7.51. The van der Waals surface area contributed by atoms with Crippen molar-refractivity contribution in [3.05, 3.63) is 70.8 Å². The first-order valence-corrected chi connectivity index (χ1v) is 7.51. The topological polar surface area (TPSA) is 90.3 Å². The fraction of sp³-hybridized carbons (Fsp3) is 0.111. The Labute approximate surface area is 142 Å². The molecule has 0 aliphatic rings. The molecule has 7 nitrogen and oxygen atoms in total. The Balaban J connectivity index is 1.73. The largest absolute Gasteiger partial charge is 0.465 e. The van der Waals surface area contributed by atoms with Crippen LogP contribution in [0, 0.1) is 0 Å². The van der Waals surface area contributed by atoms with E-state index in [1.165, 1.54) is 18.0 Å². The number of carbonyl (C=O) groups is 2. The predicted molar refractivity (Wildman–Crippen MR) is 92.4 cm³/mol. The molecule has 0 bridgehead atoms. The van der Waals surface area contributed by atoms with Crippen molar-refractivity contribution in [1.29, 1.82) is 0 Å². The van der Waals surface area contributed by atoms with Crippen LogP contribution in [0.5, 0.6) is 0 Å². The molecule has 0 saturated heterocycles. The highest BCUT2D eigenvalue weighted by molar-refractivity contribution is 5.93. The van der Waals surface area contributed by atoms with E-state index in [0.29, 0.717) is 22.2 Å². The number of hydrogen-bond donors (Lipinski definition) is 1. The van der Waals surface area contributed by atoms with Gasteiger partial charge in [0, 0.05) is 5.69 Å². The molecule has 1 N–H and O–H groups in total. The van der Waals surface area contributed by atoms with Crippen LogP contribution >= 0.6 is 0 Å². The van der Waals surface area contributed by atoms with Crippen LogP contribution in [0.25, 0.3) is 10.9 Å². The number of nitrogens with zero attached hydrogens (tertiary/aromatic N) is 2. The fourth-order valence-electron chi connectivity index (χ4n) is 2.38. The van der Waals surface area contributed by atoms with Crippen LogP contribution in [-0.4, -0.2) is 28.5 Å². The number of esters is 1. The summed E-state index contributed by atoms with van der Waals surface area (Å²) < 4.78 is 5.86. The highest BCUT2D eigenvalue weighted by Gasteiger charge is 2.09. The lowest BCUT2D eigenvalue weighted by molar-refractivity contribution is -0.116. The molecule has 25 heavy (non-hydrogen) atoms. The SMILES string of the molecule is COC(=O)c1ccc(NC(=O)Cn2cnc3ccccc3c2=O)cc1. The summed E-state index contributed by atoms with van der Waals surface area (Å²) in [7, 11) is 1.30. The van der Waals surface area contributed by atoms with Crippen LogP contribution in [0.4, 0.5) is 5.69 Å². The van der Waals surface area contributed by atoms with Gasteiger partial charge in [-0.05, 0) is 36.4 Å². The zero-order valence-corrected chi connectivity index (χ0v) is 13.4. The second kappa shape index (κ2) is 6.96. The Morgan fingerprint density at radius 1 is 1.12 bits per heavy atom. The normalized spacial score (nSPS) is 10.4. The molecule has 3 rings (SSSR count). The molecule has 7 heteroatoms. The highest BCUT2D eigenvalue weighted by Crippen LogP contribution is 2.10. The maximum absolute atomic E-state index is 12.4. The van der Waals surface area contributed by atoms with Gasteiger partial charge in [0.05, 0.1) is 29.9 Å². The number of hydrogen-bond acceptors (Lipinski definition) is 5. The van der Waals surface area contributed by atoms with Crippen LogP contribution in [0.1, 0.15) is 10.4 Å². The monoisotopic (exact) mass is 337 g/mol. The molecule has 0 aliphatic heterocycles. The molecule has 0 saturated carbocycles. The number of nitrogens with one attached hydrogen (secondary N) is 1. The summed E-state index contributed by atoms with van der Waals surface area (Å²) in [6.45, 7) is -0.157. The molecule has 0 unspecified atom stereocenters. The molecular weight excluding hydrogens is 322 g/mol. The van der Waals surface area contributed by atoms with Gasteiger partial charge in [0.15, 0.2) is 0 Å². The standard InChI is InChI=1S/C18H15N3O4/c1-25-18(24)12-6-8-13(9-7-12)20-16(22)10-21-11-19-15-5-3-2-4-14(15)17(21)23/h2-9,11H,10H2,1H3,(H,20,22). The predicted octanol–water partition coefficient (Wildman–Crippen LogP) is 1.82. The zero-order chi connectivity index (χ0) is 17.8. The first-order chi connectivity index (χ1) is 12.1. The fourth-order valence-corrected chi connectivity index (χ4v) is 2.38. The minimum Gasteiger partial charge on any atom is -0.465 e. The molecule has 1 heterocycles. The Kier molecular flexibility index (Phi) is 4.56. The number of anilines is 1. The molecule has 0 atom stereocenters. The van der Waals surface area contributed by atoms with Crippen LogP contribution in [0.2, 0.25) is 0 Å². The quantitative estimate of drug-likeness (QED) is 0.734. The number of fused-ring (bicyclic) bond motifs is 1. The van der Waals surface area contributed by atoms with Crippen molar-refractivity contribution in [3.8, 4) is 0 Å². The van der Waals surface area contributed by atoms with E-state index < -0.39 is 5.97 Å². The Hall–Kier alpha value is -3.48. The van der Waals surface area contributed by atoms with Crippen LogP contribution in [0.15, 0.2) is 59.7 Å². The van der Waals surface area contributed by atoms with E-state index in [2.05, 4.69) is 15.0 Å². The van der Waals surface area contributed by atoms with Crippen molar-refractivity contribution in [2.45, 2.75) is 6.54 Å². The summed E-state index contributed by atoms with van der Waals surface area (Å²) >= 11 is 0. The highest BCUT2D eigenvalue weighted by atomic mass is 16.5. The Morgan fingerprint density at radius 2 is 1.84 bits per heavy atom. The minimum atomic E-state index is -0.452. The average molecular weight is 337 g/mol. The van der Waals surface area contributed by atoms with Gasteiger partial charge in [-0.2, -0.15) is 0 Å². The van der Waals surface area contributed by atoms with Gasteiger partial charge in [-0.25, -0.2) is 9.78 Å². The third-order valence-corrected chi connectivity index (χ3v) is 3.64. The molecule has 1 aromatic heterocycles. The van der Waals surface area contributed by atoms with Crippen molar-refractivity contribution >= 4 is 28.5 Å². The number of carbonyl (C=O) groups excluding carboxylic acids is 2. The summed E-state index contributed by atoms with van der Waals surface area (Å²) in [4.78, 5) is 40.1. The molecule has 1 amide bonds. The molecule has 2 aromatic carbocycles. The van der Waals surface area contributed by atoms with Crippen LogP contribution in [-0.2, 0) is 16.1 Å². The molecule has 0 radical (unpaired) electrons. The van der Waals surface area contributed by atoms with E-state index in [9.17, 15) is 14.4 Å². The smallest absolute Gasteiger partial charge is 0.337 e. The lowest BCUT2D eigenvalue weighted by Crippen LogP contribution is -2.27. The maximum atomic E-state index is 12.4. The van der Waals surface area contributed by atoms with Crippen molar-refractivity contribution < 1.29 is 14.3 Å². The van der Waals surface area contributed by atoms with Gasteiger partial charge in [0.25, 0.3) is 5.56 Å². The first kappa shape index (κ1) is 16.4. The maximum Gasteiger partial charge on any atom is 0.337 e. The van der Waals surface area contributed by atoms with Gasteiger partial charge in [-0.1, -0.05) is 12.1 Å². The van der Waals surface area contributed by atoms with Gasteiger partial charge in [0.2, 0.25) is 5.91 Å². The lowest BCUT2D eigenvalue weighted by Gasteiger charge is -2.08. The van der Waals surface area contributed by atoms with E-state index in [4.69, 9.17) is 0 Å². The summed E-state index contributed by atoms with van der Waals surface area (Å²) in [5.41, 5.74) is 1.21. The van der Waals surface area contributed by atoms with E-state index in [0.717, 1.165) is 0 Å². The summed E-state index contributed by atoms with van der Waals surface area (Å²) in [6, 6.07) is 13.2. The Morgan fingerprint density at radius 3 is 2.56 bits per heavy atom. The summed E-state index contributed by atoms with van der Waals surface area (Å²) in [6.07, 6.45) is 1.35. The van der Waals surface area contributed by atoms with E-state index in [-0.39, 0.29) is 18.0 Å². The number of ether oxygens (including phenoxy) is 1. The van der Waals surface area contributed by atoms with Crippen LogP contribution in [0.3, 0.4) is 0 Å². The second-order valence-corrected chi connectivity index (χ2v) is 5.31. The number of rotatable bonds is 4. The molecule has 0 fully saturated rings. The number of para-hydroxylation sites is 1. The summed E-state index contributed by atoms with van der Waals surface area (Å²) in [5.74, 6) is -0.823. The van der Waals surface area contributed by atoms with Gasteiger partial charge >= 0.3 is 5.97 Å². The average Bonchev–Trinajstić information content (AvgIpc) is 2.64. The van der Waals surface area contributed by atoms with Crippen molar-refractivity contribution in [1.82, 2.24) is 9.55 Å². The van der Waals surface area contributed by atoms with Crippen molar-refractivity contribution in [2.24, 2.45) is 0 Å². The van der Waals surface area contributed by atoms with Crippen molar-refractivity contribution in [2.75, 3.05) is 12.4 Å². The van der Waals surface area contributed by atoms with Gasteiger partial charge in [0.1, 0.15) is 6.54 Å². The molecule has 126 valence electrons. The number of aromatic nitrogens is 2. The third-order valence-electron chi connectivity index (χ3n) is 3.64. The molecular formula is C18H15N3O4. The molecule has 0 aliphatic carbocycles. The van der Waals surface area contributed by atoms with Gasteiger partial charge in [-0.3, -0.25) is 14.2 Å². The van der Waals surface area contributed by atoms with Crippen LogP contribution < -0.4 is 10.9 Å². The van der Waals surface area contributed by atoms with E-state index >= 15 is 0 Å². The van der Waals surface area contributed by atoms with Gasteiger partial charge < -0.3 is 10.1 Å². The second-order valence-electron chi connectivity index (χ2n) is 5.31. The lowest BCUT2D eigenvalue weighted by atomic mass is 10.2. The van der Waals surface area contributed by atoms with Crippen molar-refractivity contribution in [3.63, 3.8) is 0 Å².